The van der Waals surface area contributed by atoms with Gasteiger partial charge in [0.05, 0.1) is 7.11 Å². The second-order valence-corrected chi connectivity index (χ2v) is 5.91. The minimum atomic E-state index is 0.0233. The summed E-state index contributed by atoms with van der Waals surface area (Å²) in [6.45, 7) is 0. The van der Waals surface area contributed by atoms with Crippen molar-refractivity contribution in [2.45, 2.75) is 43.6 Å². The van der Waals surface area contributed by atoms with Crippen molar-refractivity contribution in [2.24, 2.45) is 5.73 Å². The van der Waals surface area contributed by atoms with Crippen molar-refractivity contribution in [3.63, 3.8) is 0 Å². The van der Waals surface area contributed by atoms with Gasteiger partial charge in [0.15, 0.2) is 0 Å². The minimum absolute atomic E-state index is 0.0233. The Morgan fingerprint density at radius 3 is 2.65 bits per heavy atom. The number of nitrogens with two attached hydrogens (primary N) is 1. The fourth-order valence-electron chi connectivity index (χ4n) is 2.43. The van der Waals surface area contributed by atoms with Crippen LogP contribution in [0.2, 0.25) is 5.02 Å². The van der Waals surface area contributed by atoms with E-state index in [9.17, 15) is 0 Å². The van der Waals surface area contributed by atoms with Crippen molar-refractivity contribution in [1.29, 1.82) is 0 Å². The van der Waals surface area contributed by atoms with E-state index in [4.69, 9.17) is 22.1 Å². The van der Waals surface area contributed by atoms with E-state index in [1.165, 1.54) is 24.0 Å². The number of halogens is 1. The summed E-state index contributed by atoms with van der Waals surface area (Å²) < 4.78 is 5.48. The van der Waals surface area contributed by atoms with E-state index in [2.05, 4.69) is 12.1 Å². The molecule has 2 fully saturated rings. The molecular formula is C14H18ClNO. The van der Waals surface area contributed by atoms with Crippen molar-refractivity contribution in [3.05, 3.63) is 28.3 Å². The van der Waals surface area contributed by atoms with E-state index in [-0.39, 0.29) is 5.54 Å². The van der Waals surface area contributed by atoms with Gasteiger partial charge in [0.2, 0.25) is 0 Å². The molecule has 1 aromatic carbocycles. The Hall–Kier alpha value is -0.730. The average Bonchev–Trinajstić information content (AvgIpc) is 3.16. The molecule has 2 aliphatic carbocycles. The van der Waals surface area contributed by atoms with E-state index in [1.807, 2.05) is 0 Å². The average molecular weight is 252 g/mol. The molecule has 0 atom stereocenters. The fourth-order valence-corrected chi connectivity index (χ4v) is 2.82. The summed E-state index contributed by atoms with van der Waals surface area (Å²) in [6.07, 6.45) is 5.62. The van der Waals surface area contributed by atoms with E-state index < -0.39 is 0 Å². The van der Waals surface area contributed by atoms with E-state index in [0.717, 1.165) is 30.0 Å². The van der Waals surface area contributed by atoms with Crippen LogP contribution in [-0.4, -0.2) is 12.6 Å². The Morgan fingerprint density at radius 2 is 2.12 bits per heavy atom. The zero-order valence-electron chi connectivity index (χ0n) is 10.1. The van der Waals surface area contributed by atoms with Crippen LogP contribution in [0.4, 0.5) is 0 Å². The highest BCUT2D eigenvalue weighted by atomic mass is 35.5. The summed E-state index contributed by atoms with van der Waals surface area (Å²) in [5, 5.41) is 0.853. The van der Waals surface area contributed by atoms with E-state index in [0.29, 0.717) is 5.92 Å². The molecule has 0 heterocycles. The molecule has 3 heteroatoms. The normalized spacial score (nSPS) is 21.4. The summed E-state index contributed by atoms with van der Waals surface area (Å²) in [4.78, 5) is 0. The van der Waals surface area contributed by atoms with Crippen molar-refractivity contribution >= 4 is 11.6 Å². The predicted molar refractivity (Wildman–Crippen MR) is 69.8 cm³/mol. The topological polar surface area (TPSA) is 35.2 Å². The molecule has 2 aliphatic rings. The molecule has 0 radical (unpaired) electrons. The van der Waals surface area contributed by atoms with Crippen LogP contribution in [0.25, 0.3) is 0 Å². The number of methoxy groups -OCH3 is 1. The zero-order valence-corrected chi connectivity index (χ0v) is 10.9. The van der Waals surface area contributed by atoms with Gasteiger partial charge in [-0.05, 0) is 55.7 Å². The Labute approximate surface area is 107 Å². The van der Waals surface area contributed by atoms with Crippen LogP contribution < -0.4 is 10.5 Å². The monoisotopic (exact) mass is 251 g/mol. The molecular weight excluding hydrogens is 234 g/mol. The first-order valence-electron chi connectivity index (χ1n) is 6.26. The van der Waals surface area contributed by atoms with Gasteiger partial charge in [0, 0.05) is 16.1 Å². The molecule has 0 bridgehead atoms. The molecule has 2 N–H and O–H groups in total. The summed E-state index contributed by atoms with van der Waals surface area (Å²) in [6, 6.07) is 4.19. The van der Waals surface area contributed by atoms with E-state index in [1.54, 1.807) is 7.11 Å². The number of hydrogen-bond donors (Lipinski definition) is 1. The Morgan fingerprint density at radius 1 is 1.41 bits per heavy atom. The highest BCUT2D eigenvalue weighted by Gasteiger charge is 2.38. The minimum Gasteiger partial charge on any atom is -0.496 e. The van der Waals surface area contributed by atoms with Crippen LogP contribution in [0.15, 0.2) is 12.1 Å². The lowest BCUT2D eigenvalue weighted by Crippen LogP contribution is -2.24. The van der Waals surface area contributed by atoms with Gasteiger partial charge in [0.25, 0.3) is 0 Å². The van der Waals surface area contributed by atoms with Crippen LogP contribution in [0.5, 0.6) is 5.75 Å². The number of benzene rings is 1. The highest BCUT2D eigenvalue weighted by Crippen LogP contribution is 2.48. The zero-order chi connectivity index (χ0) is 12.0. The molecule has 3 rings (SSSR count). The second kappa shape index (κ2) is 3.89. The van der Waals surface area contributed by atoms with Gasteiger partial charge in [-0.25, -0.2) is 0 Å². The third-order valence-electron chi connectivity index (χ3n) is 3.81. The first-order chi connectivity index (χ1) is 8.11. The van der Waals surface area contributed by atoms with Crippen LogP contribution >= 0.6 is 11.6 Å². The van der Waals surface area contributed by atoms with Crippen molar-refractivity contribution in [1.82, 2.24) is 0 Å². The Balaban J connectivity index is 1.92. The third-order valence-corrected chi connectivity index (χ3v) is 4.12. The third kappa shape index (κ3) is 2.29. The number of rotatable bonds is 4. The molecule has 0 spiro atoms. The second-order valence-electron chi connectivity index (χ2n) is 5.51. The number of hydrogen-bond acceptors (Lipinski definition) is 2. The van der Waals surface area contributed by atoms with Crippen molar-refractivity contribution < 1.29 is 4.74 Å². The highest BCUT2D eigenvalue weighted by molar-refractivity contribution is 6.31. The summed E-state index contributed by atoms with van der Waals surface area (Å²) in [5.74, 6) is 1.55. The van der Waals surface area contributed by atoms with Crippen LogP contribution in [-0.2, 0) is 6.42 Å². The molecule has 1 aromatic rings. The summed E-state index contributed by atoms with van der Waals surface area (Å²) >= 11 is 6.38. The van der Waals surface area contributed by atoms with Gasteiger partial charge in [-0.3, -0.25) is 0 Å². The van der Waals surface area contributed by atoms with Gasteiger partial charge >= 0.3 is 0 Å². The van der Waals surface area contributed by atoms with Gasteiger partial charge < -0.3 is 10.5 Å². The SMILES string of the molecule is COc1cc(CC2(N)CC2)cc(Cl)c1C1CC1. The molecule has 0 unspecified atom stereocenters. The summed E-state index contributed by atoms with van der Waals surface area (Å²) in [5.41, 5.74) is 8.57. The first-order valence-corrected chi connectivity index (χ1v) is 6.64. The molecule has 2 saturated carbocycles. The molecule has 17 heavy (non-hydrogen) atoms. The van der Waals surface area contributed by atoms with Gasteiger partial charge in [-0.2, -0.15) is 0 Å². The summed E-state index contributed by atoms with van der Waals surface area (Å²) in [7, 11) is 1.72. The largest absolute Gasteiger partial charge is 0.496 e. The molecule has 0 saturated heterocycles. The van der Waals surface area contributed by atoms with Gasteiger partial charge in [-0.1, -0.05) is 11.6 Å². The maximum atomic E-state index is 6.38. The fraction of sp³-hybridized carbons (Fsp3) is 0.571. The van der Waals surface area contributed by atoms with E-state index >= 15 is 0 Å². The van der Waals surface area contributed by atoms with Gasteiger partial charge in [0.1, 0.15) is 5.75 Å². The van der Waals surface area contributed by atoms with Crippen LogP contribution in [0, 0.1) is 0 Å². The maximum absolute atomic E-state index is 6.38. The van der Waals surface area contributed by atoms with Crippen LogP contribution in [0.3, 0.4) is 0 Å². The Kier molecular flexibility index (Phi) is 2.60. The van der Waals surface area contributed by atoms with Crippen molar-refractivity contribution in [3.8, 4) is 5.75 Å². The Bertz CT molecular complexity index is 450. The van der Waals surface area contributed by atoms with Crippen molar-refractivity contribution in [2.75, 3.05) is 7.11 Å². The first kappa shape index (κ1) is 11.4. The molecule has 0 amide bonds. The standard InChI is InChI=1S/C14H18ClNO/c1-17-12-7-9(8-14(16)4-5-14)6-11(15)13(12)10-2-3-10/h6-7,10H,2-5,8,16H2,1H3. The quantitative estimate of drug-likeness (QED) is 0.892. The molecule has 0 aromatic heterocycles. The molecule has 2 nitrogen and oxygen atoms in total. The predicted octanol–water partition coefficient (Wildman–Crippen LogP) is 3.26. The van der Waals surface area contributed by atoms with Gasteiger partial charge in [-0.15, -0.1) is 0 Å². The lowest BCUT2D eigenvalue weighted by molar-refractivity contribution is 0.409. The lowest BCUT2D eigenvalue weighted by atomic mass is 10.0. The van der Waals surface area contributed by atoms with Crippen LogP contribution in [0.1, 0.15) is 42.7 Å². The molecule has 0 aliphatic heterocycles. The molecule has 92 valence electrons. The smallest absolute Gasteiger partial charge is 0.124 e. The number of ether oxygens (including phenoxy) is 1. The maximum Gasteiger partial charge on any atom is 0.124 e. The lowest BCUT2D eigenvalue weighted by Gasteiger charge is -2.14.